The first-order valence-electron chi connectivity index (χ1n) is 4.34. The maximum Gasteiger partial charge on any atom is 0.319 e. The van der Waals surface area contributed by atoms with Gasteiger partial charge in [0.1, 0.15) is 6.42 Å². The van der Waals surface area contributed by atoms with Gasteiger partial charge in [-0.25, -0.2) is 0 Å². The average Bonchev–Trinajstić information content (AvgIpc) is 2.16. The Bertz CT molecular complexity index is 387. The fourth-order valence-corrected chi connectivity index (χ4v) is 1.11. The summed E-state index contributed by atoms with van der Waals surface area (Å²) in [4.78, 5) is 21.1. The molecule has 0 aliphatic carbocycles. The Morgan fingerprint density at radius 2 is 1.88 bits per heavy atom. The molecule has 0 saturated carbocycles. The number of benzene rings is 1. The number of ether oxygens (including phenoxy) is 1. The van der Waals surface area contributed by atoms with E-state index < -0.39 is 24.6 Å². The Balaban J connectivity index is 2.58. The lowest BCUT2D eigenvalue weighted by molar-refractivity contribution is -0.171. The van der Waals surface area contributed by atoms with Crippen molar-refractivity contribution >= 4 is 23.5 Å². The van der Waals surface area contributed by atoms with Crippen LogP contribution in [0.15, 0.2) is 24.3 Å². The first-order valence-corrected chi connectivity index (χ1v) is 4.71. The molecule has 1 aromatic rings. The van der Waals surface area contributed by atoms with Crippen LogP contribution in [0.25, 0.3) is 0 Å². The number of rotatable bonds is 4. The van der Waals surface area contributed by atoms with Crippen LogP contribution in [-0.4, -0.2) is 22.2 Å². The fourth-order valence-electron chi connectivity index (χ4n) is 0.985. The van der Waals surface area contributed by atoms with Crippen LogP contribution >= 0.6 is 11.6 Å². The smallest absolute Gasteiger partial charge is 0.319 e. The number of aliphatic carboxylic acids is 1. The Hall–Kier alpha value is -1.59. The third-order valence-corrected chi connectivity index (χ3v) is 1.95. The molecule has 6 heteroatoms. The van der Waals surface area contributed by atoms with Gasteiger partial charge < -0.3 is 14.9 Å². The Kier molecular flexibility index (Phi) is 4.28. The summed E-state index contributed by atoms with van der Waals surface area (Å²) in [6.07, 6.45) is -2.27. The van der Waals surface area contributed by atoms with Gasteiger partial charge in [0.25, 0.3) is 0 Å². The van der Waals surface area contributed by atoms with Crippen molar-refractivity contribution in [1.82, 2.24) is 0 Å². The van der Waals surface area contributed by atoms with Crippen molar-refractivity contribution in [3.8, 4) is 0 Å². The van der Waals surface area contributed by atoms with E-state index >= 15 is 0 Å². The van der Waals surface area contributed by atoms with Gasteiger partial charge in [0, 0.05) is 10.6 Å². The van der Waals surface area contributed by atoms with Gasteiger partial charge in [-0.05, 0) is 12.1 Å². The van der Waals surface area contributed by atoms with Crippen LogP contribution in [0.3, 0.4) is 0 Å². The second-order valence-electron chi connectivity index (χ2n) is 2.96. The summed E-state index contributed by atoms with van der Waals surface area (Å²) in [5.74, 6) is -2.32. The van der Waals surface area contributed by atoms with Crippen LogP contribution in [0.1, 0.15) is 18.3 Å². The number of carboxylic acid groups (broad SMARTS) is 1. The van der Waals surface area contributed by atoms with Crippen LogP contribution in [-0.2, 0) is 14.3 Å². The maximum atomic E-state index is 10.9. The van der Waals surface area contributed by atoms with E-state index in [2.05, 4.69) is 4.74 Å². The van der Waals surface area contributed by atoms with Crippen LogP contribution in [0.4, 0.5) is 0 Å². The van der Waals surface area contributed by atoms with Crippen molar-refractivity contribution in [2.45, 2.75) is 12.7 Å². The quantitative estimate of drug-likeness (QED) is 0.474. The molecule has 1 aromatic carbocycles. The second kappa shape index (κ2) is 5.48. The summed E-state index contributed by atoms with van der Waals surface area (Å²) in [6, 6.07) is 5.98. The van der Waals surface area contributed by atoms with E-state index in [9.17, 15) is 14.7 Å². The van der Waals surface area contributed by atoms with Crippen LogP contribution < -0.4 is 0 Å². The molecule has 5 nitrogen and oxygen atoms in total. The van der Waals surface area contributed by atoms with E-state index in [0.29, 0.717) is 10.6 Å². The lowest BCUT2D eigenvalue weighted by atomic mass is 10.2. The second-order valence-corrected chi connectivity index (χ2v) is 3.40. The van der Waals surface area contributed by atoms with Gasteiger partial charge >= 0.3 is 11.9 Å². The lowest BCUT2D eigenvalue weighted by Gasteiger charge is -2.11. The SMILES string of the molecule is O=C(O)CC(=O)OC(O)c1ccc(Cl)cc1. The average molecular weight is 245 g/mol. The van der Waals surface area contributed by atoms with Crippen molar-refractivity contribution in [2.24, 2.45) is 0 Å². The zero-order chi connectivity index (χ0) is 12.1. The Labute approximate surface area is 96.2 Å². The van der Waals surface area contributed by atoms with E-state index in [1.807, 2.05) is 0 Å². The zero-order valence-electron chi connectivity index (χ0n) is 8.09. The number of halogens is 1. The van der Waals surface area contributed by atoms with Gasteiger partial charge in [-0.1, -0.05) is 23.7 Å². The van der Waals surface area contributed by atoms with Crippen LogP contribution in [0.5, 0.6) is 0 Å². The number of aliphatic hydroxyl groups excluding tert-OH is 1. The van der Waals surface area contributed by atoms with E-state index in [1.165, 1.54) is 24.3 Å². The van der Waals surface area contributed by atoms with Crippen LogP contribution in [0.2, 0.25) is 5.02 Å². The molecule has 0 spiro atoms. The summed E-state index contributed by atoms with van der Waals surface area (Å²) in [7, 11) is 0. The van der Waals surface area contributed by atoms with Crippen molar-refractivity contribution in [3.63, 3.8) is 0 Å². The number of carbonyl (C=O) groups excluding carboxylic acids is 1. The molecule has 0 aliphatic heterocycles. The monoisotopic (exact) mass is 244 g/mol. The maximum absolute atomic E-state index is 10.9. The van der Waals surface area contributed by atoms with Gasteiger partial charge in [0.05, 0.1) is 0 Å². The van der Waals surface area contributed by atoms with Crippen molar-refractivity contribution in [3.05, 3.63) is 34.9 Å². The van der Waals surface area contributed by atoms with E-state index in [1.54, 1.807) is 0 Å². The zero-order valence-corrected chi connectivity index (χ0v) is 8.85. The van der Waals surface area contributed by atoms with Crippen molar-refractivity contribution in [1.29, 1.82) is 0 Å². The van der Waals surface area contributed by atoms with Gasteiger partial charge in [-0.15, -0.1) is 0 Å². The number of carboxylic acids is 1. The largest absolute Gasteiger partial charge is 0.481 e. The molecule has 0 aliphatic rings. The molecule has 0 aromatic heterocycles. The first kappa shape index (κ1) is 12.5. The predicted molar refractivity (Wildman–Crippen MR) is 54.8 cm³/mol. The summed E-state index contributed by atoms with van der Waals surface area (Å²) in [5, 5.41) is 18.2. The fraction of sp³-hybridized carbons (Fsp3) is 0.200. The molecular weight excluding hydrogens is 236 g/mol. The highest BCUT2D eigenvalue weighted by molar-refractivity contribution is 6.30. The predicted octanol–water partition coefficient (Wildman–Crippen LogP) is 1.35. The first-order chi connectivity index (χ1) is 7.49. The minimum Gasteiger partial charge on any atom is -0.481 e. The highest BCUT2D eigenvalue weighted by Gasteiger charge is 2.15. The number of carbonyl (C=O) groups is 2. The molecule has 0 saturated heterocycles. The highest BCUT2D eigenvalue weighted by Crippen LogP contribution is 2.17. The highest BCUT2D eigenvalue weighted by atomic mass is 35.5. The molecule has 1 atom stereocenters. The molecule has 0 radical (unpaired) electrons. The Morgan fingerprint density at radius 1 is 1.31 bits per heavy atom. The van der Waals surface area contributed by atoms with E-state index in [4.69, 9.17) is 16.7 Å². The topological polar surface area (TPSA) is 83.8 Å². The van der Waals surface area contributed by atoms with Crippen molar-refractivity contribution in [2.75, 3.05) is 0 Å². The number of hydrogen-bond acceptors (Lipinski definition) is 4. The molecule has 16 heavy (non-hydrogen) atoms. The number of hydrogen-bond donors (Lipinski definition) is 2. The molecule has 1 unspecified atom stereocenters. The molecule has 0 fully saturated rings. The standard InChI is InChI=1S/C10H9ClO5/c11-7-3-1-6(2-4-7)10(15)16-9(14)5-8(12)13/h1-4,10,15H,5H2,(H,12,13). The van der Waals surface area contributed by atoms with Crippen molar-refractivity contribution < 1.29 is 24.5 Å². The minimum absolute atomic E-state index is 0.322. The molecule has 2 N–H and O–H groups in total. The third-order valence-electron chi connectivity index (χ3n) is 1.69. The van der Waals surface area contributed by atoms with Crippen LogP contribution in [0, 0.1) is 0 Å². The molecular formula is C10H9ClO5. The summed E-state index contributed by atoms with van der Waals surface area (Å²) in [5.41, 5.74) is 0.322. The summed E-state index contributed by atoms with van der Waals surface area (Å²) in [6.45, 7) is 0. The minimum atomic E-state index is -1.48. The van der Waals surface area contributed by atoms with Gasteiger partial charge in [0.15, 0.2) is 0 Å². The van der Waals surface area contributed by atoms with E-state index in [0.717, 1.165) is 0 Å². The molecule has 86 valence electrons. The summed E-state index contributed by atoms with van der Waals surface area (Å²) < 4.78 is 4.48. The van der Waals surface area contributed by atoms with E-state index in [-0.39, 0.29) is 0 Å². The molecule has 1 rings (SSSR count). The Morgan fingerprint density at radius 3 is 2.38 bits per heavy atom. The summed E-state index contributed by atoms with van der Waals surface area (Å²) >= 11 is 5.62. The molecule has 0 amide bonds. The van der Waals surface area contributed by atoms with Gasteiger partial charge in [-0.3, -0.25) is 9.59 Å². The molecule has 0 bridgehead atoms. The lowest BCUT2D eigenvalue weighted by Crippen LogP contribution is -2.14. The normalized spacial score (nSPS) is 11.9. The number of aliphatic hydroxyl groups is 1. The van der Waals surface area contributed by atoms with Gasteiger partial charge in [0.2, 0.25) is 6.29 Å². The third kappa shape index (κ3) is 3.88. The number of esters is 1. The molecule has 0 heterocycles. The van der Waals surface area contributed by atoms with Gasteiger partial charge in [-0.2, -0.15) is 0 Å².